The summed E-state index contributed by atoms with van der Waals surface area (Å²) in [5.41, 5.74) is 5.82. The van der Waals surface area contributed by atoms with E-state index in [1.54, 1.807) is 6.08 Å². The van der Waals surface area contributed by atoms with E-state index in [0.717, 1.165) is 6.42 Å². The molecule has 0 saturated heterocycles. The third kappa shape index (κ3) is 1.82. The number of hydrogen-bond acceptors (Lipinski definition) is 2. The molecule has 0 saturated carbocycles. The number of aliphatic hydroxyl groups is 1. The molecule has 0 spiro atoms. The first-order chi connectivity index (χ1) is 5.13. The first kappa shape index (κ1) is 8.75. The fourth-order valence-corrected chi connectivity index (χ4v) is 1.63. The Morgan fingerprint density at radius 2 is 2.18 bits per heavy atom. The monoisotopic (exact) mass is 155 g/mol. The maximum Gasteiger partial charge on any atom is 0.0874 e. The molecule has 64 valence electrons. The standard InChI is InChI=1S/C9H17NO/c1-6(2)7-4-3-5-8(11)9(7)10/h3,5-9,11H,4,10H2,1-2H3. The third-order valence-corrected chi connectivity index (χ3v) is 2.49. The highest BCUT2D eigenvalue weighted by Gasteiger charge is 2.27. The van der Waals surface area contributed by atoms with Crippen LogP contribution >= 0.6 is 0 Å². The molecule has 0 aliphatic heterocycles. The van der Waals surface area contributed by atoms with Gasteiger partial charge in [0, 0.05) is 6.04 Å². The van der Waals surface area contributed by atoms with E-state index in [-0.39, 0.29) is 6.04 Å². The van der Waals surface area contributed by atoms with Crippen molar-refractivity contribution in [3.05, 3.63) is 12.2 Å². The Labute approximate surface area is 68.1 Å². The smallest absolute Gasteiger partial charge is 0.0874 e. The summed E-state index contributed by atoms with van der Waals surface area (Å²) >= 11 is 0. The van der Waals surface area contributed by atoms with Gasteiger partial charge < -0.3 is 10.8 Å². The minimum Gasteiger partial charge on any atom is -0.387 e. The van der Waals surface area contributed by atoms with Crippen molar-refractivity contribution in [1.82, 2.24) is 0 Å². The zero-order valence-corrected chi connectivity index (χ0v) is 7.20. The Bertz CT molecular complexity index is 154. The molecule has 3 atom stereocenters. The molecule has 3 N–H and O–H groups in total. The third-order valence-electron chi connectivity index (χ3n) is 2.49. The lowest BCUT2D eigenvalue weighted by atomic mass is 9.80. The number of aliphatic hydroxyl groups excluding tert-OH is 1. The van der Waals surface area contributed by atoms with Gasteiger partial charge in [-0.1, -0.05) is 26.0 Å². The Morgan fingerprint density at radius 1 is 1.55 bits per heavy atom. The first-order valence-corrected chi connectivity index (χ1v) is 4.23. The van der Waals surface area contributed by atoms with Crippen LogP contribution in [0.15, 0.2) is 12.2 Å². The molecule has 3 unspecified atom stereocenters. The van der Waals surface area contributed by atoms with Crippen LogP contribution in [0.4, 0.5) is 0 Å². The van der Waals surface area contributed by atoms with Gasteiger partial charge in [-0.15, -0.1) is 0 Å². The second-order valence-electron chi connectivity index (χ2n) is 3.64. The Kier molecular flexibility index (Phi) is 2.68. The maximum atomic E-state index is 9.39. The van der Waals surface area contributed by atoms with Gasteiger partial charge >= 0.3 is 0 Å². The molecule has 0 heterocycles. The van der Waals surface area contributed by atoms with Crippen LogP contribution in [0, 0.1) is 11.8 Å². The zero-order chi connectivity index (χ0) is 8.43. The SMILES string of the molecule is CC(C)C1CC=CC(O)C1N. The molecule has 1 aliphatic carbocycles. The number of rotatable bonds is 1. The van der Waals surface area contributed by atoms with Crippen LogP contribution in [0.25, 0.3) is 0 Å². The van der Waals surface area contributed by atoms with Crippen molar-refractivity contribution in [3.63, 3.8) is 0 Å². The quantitative estimate of drug-likeness (QED) is 0.553. The van der Waals surface area contributed by atoms with Crippen LogP contribution in [0.1, 0.15) is 20.3 Å². The van der Waals surface area contributed by atoms with Crippen LogP contribution < -0.4 is 5.73 Å². The van der Waals surface area contributed by atoms with Crippen molar-refractivity contribution >= 4 is 0 Å². The van der Waals surface area contributed by atoms with Gasteiger partial charge in [0.1, 0.15) is 0 Å². The number of nitrogens with two attached hydrogens (primary N) is 1. The molecule has 11 heavy (non-hydrogen) atoms. The number of allylic oxidation sites excluding steroid dienone is 1. The minimum absolute atomic E-state index is 0.0694. The van der Waals surface area contributed by atoms with Gasteiger partial charge in [-0.2, -0.15) is 0 Å². The first-order valence-electron chi connectivity index (χ1n) is 4.23. The van der Waals surface area contributed by atoms with Gasteiger partial charge in [0.15, 0.2) is 0 Å². The lowest BCUT2D eigenvalue weighted by Gasteiger charge is -2.31. The summed E-state index contributed by atoms with van der Waals surface area (Å²) in [7, 11) is 0. The summed E-state index contributed by atoms with van der Waals surface area (Å²) in [5, 5.41) is 9.39. The summed E-state index contributed by atoms with van der Waals surface area (Å²) in [6.07, 6.45) is 4.40. The van der Waals surface area contributed by atoms with Crippen LogP contribution in [0.2, 0.25) is 0 Å². The van der Waals surface area contributed by atoms with Gasteiger partial charge in [-0.3, -0.25) is 0 Å². The fraction of sp³-hybridized carbons (Fsp3) is 0.778. The van der Waals surface area contributed by atoms with E-state index >= 15 is 0 Å². The zero-order valence-electron chi connectivity index (χ0n) is 7.20. The highest BCUT2D eigenvalue weighted by atomic mass is 16.3. The molecule has 0 radical (unpaired) electrons. The molecular formula is C9H17NO. The maximum absolute atomic E-state index is 9.39. The molecule has 2 nitrogen and oxygen atoms in total. The summed E-state index contributed by atoms with van der Waals surface area (Å²) in [6.45, 7) is 4.30. The van der Waals surface area contributed by atoms with Gasteiger partial charge in [0.05, 0.1) is 6.10 Å². The molecule has 0 amide bonds. The average molecular weight is 155 g/mol. The average Bonchev–Trinajstić information content (AvgIpc) is 1.94. The Balaban J connectivity index is 2.62. The van der Waals surface area contributed by atoms with Gasteiger partial charge in [0.2, 0.25) is 0 Å². The van der Waals surface area contributed by atoms with Gasteiger partial charge in [0.25, 0.3) is 0 Å². The van der Waals surface area contributed by atoms with E-state index in [1.165, 1.54) is 0 Å². The van der Waals surface area contributed by atoms with Crippen LogP contribution in [0.3, 0.4) is 0 Å². The minimum atomic E-state index is -0.434. The second kappa shape index (κ2) is 3.37. The fourth-order valence-electron chi connectivity index (χ4n) is 1.63. The van der Waals surface area contributed by atoms with Crippen molar-refractivity contribution in [2.75, 3.05) is 0 Å². The molecule has 2 heteroatoms. The molecule has 0 aromatic rings. The highest BCUT2D eigenvalue weighted by Crippen LogP contribution is 2.24. The van der Waals surface area contributed by atoms with Crippen molar-refractivity contribution in [3.8, 4) is 0 Å². The van der Waals surface area contributed by atoms with Crippen molar-refractivity contribution < 1.29 is 5.11 Å². The summed E-state index contributed by atoms with van der Waals surface area (Å²) in [6, 6.07) is -0.0694. The topological polar surface area (TPSA) is 46.2 Å². The largest absolute Gasteiger partial charge is 0.387 e. The van der Waals surface area contributed by atoms with E-state index in [4.69, 9.17) is 5.73 Å². The van der Waals surface area contributed by atoms with Gasteiger partial charge in [-0.25, -0.2) is 0 Å². The summed E-state index contributed by atoms with van der Waals surface area (Å²) < 4.78 is 0. The van der Waals surface area contributed by atoms with E-state index < -0.39 is 6.10 Å². The predicted octanol–water partition coefficient (Wildman–Crippen LogP) is 0.907. The Hall–Kier alpha value is -0.340. The van der Waals surface area contributed by atoms with Crippen LogP contribution in [-0.4, -0.2) is 17.3 Å². The Morgan fingerprint density at radius 3 is 2.64 bits per heavy atom. The van der Waals surface area contributed by atoms with E-state index in [9.17, 15) is 5.11 Å². The van der Waals surface area contributed by atoms with Crippen molar-refractivity contribution in [1.29, 1.82) is 0 Å². The molecular weight excluding hydrogens is 138 g/mol. The number of hydrogen-bond donors (Lipinski definition) is 2. The lowest BCUT2D eigenvalue weighted by molar-refractivity contribution is 0.131. The molecule has 0 bridgehead atoms. The van der Waals surface area contributed by atoms with Crippen molar-refractivity contribution in [2.45, 2.75) is 32.4 Å². The van der Waals surface area contributed by atoms with E-state index in [2.05, 4.69) is 13.8 Å². The highest BCUT2D eigenvalue weighted by molar-refractivity contribution is 5.03. The van der Waals surface area contributed by atoms with E-state index in [0.29, 0.717) is 11.8 Å². The van der Waals surface area contributed by atoms with Crippen molar-refractivity contribution in [2.24, 2.45) is 17.6 Å². The van der Waals surface area contributed by atoms with Gasteiger partial charge in [-0.05, 0) is 18.3 Å². The summed E-state index contributed by atoms with van der Waals surface area (Å²) in [5.74, 6) is 1.000. The molecule has 1 aliphatic rings. The van der Waals surface area contributed by atoms with Crippen LogP contribution in [0.5, 0.6) is 0 Å². The second-order valence-corrected chi connectivity index (χ2v) is 3.64. The normalized spacial score (nSPS) is 38.1. The molecule has 1 rings (SSSR count). The molecule has 0 aromatic heterocycles. The predicted molar refractivity (Wildman–Crippen MR) is 46.1 cm³/mol. The molecule has 0 fully saturated rings. The van der Waals surface area contributed by atoms with Crippen LogP contribution in [-0.2, 0) is 0 Å². The van der Waals surface area contributed by atoms with E-state index in [1.807, 2.05) is 6.08 Å². The lowest BCUT2D eigenvalue weighted by Crippen LogP contribution is -2.44. The molecule has 0 aromatic carbocycles. The summed E-state index contributed by atoms with van der Waals surface area (Å²) in [4.78, 5) is 0.